The van der Waals surface area contributed by atoms with Crippen molar-refractivity contribution in [2.75, 3.05) is 11.9 Å². The first kappa shape index (κ1) is 23.1. The summed E-state index contributed by atoms with van der Waals surface area (Å²) in [6, 6.07) is 12.2. The molecule has 3 N–H and O–H groups in total. The summed E-state index contributed by atoms with van der Waals surface area (Å²) in [5.74, 6) is -1.44. The second-order valence-corrected chi connectivity index (χ2v) is 7.61. The van der Waals surface area contributed by atoms with Gasteiger partial charge in [0.05, 0.1) is 6.21 Å². The zero-order chi connectivity index (χ0) is 22.1. The van der Waals surface area contributed by atoms with Crippen molar-refractivity contribution in [3.05, 3.63) is 58.1 Å². The van der Waals surface area contributed by atoms with Gasteiger partial charge in [-0.15, -0.1) is 0 Å². The number of nitrogens with one attached hydrogen (secondary N) is 3. The number of carbonyl (C=O) groups is 3. The van der Waals surface area contributed by atoms with Gasteiger partial charge in [-0.2, -0.15) is 5.10 Å². The average molecular weight is 475 g/mol. The predicted molar refractivity (Wildman–Crippen MR) is 118 cm³/mol. The molecule has 2 aromatic rings. The van der Waals surface area contributed by atoms with Crippen LogP contribution >= 0.6 is 15.9 Å². The first-order valence-electron chi connectivity index (χ1n) is 9.17. The van der Waals surface area contributed by atoms with Crippen LogP contribution in [0.1, 0.15) is 25.0 Å². The minimum Gasteiger partial charge on any atom is -0.484 e. The zero-order valence-corrected chi connectivity index (χ0v) is 18.4. The minimum atomic E-state index is -0.854. The first-order chi connectivity index (χ1) is 14.2. The Kier molecular flexibility index (Phi) is 8.54. The maximum absolute atomic E-state index is 12.1. The summed E-state index contributed by atoms with van der Waals surface area (Å²) in [5.41, 5.74) is 4.42. The SMILES string of the molecule is Cc1cc(Br)ccc1NC(=O)COc1cccc(/C=N\NC(=O)C(=O)NC(C)C)c1. The molecule has 0 saturated carbocycles. The van der Waals surface area contributed by atoms with Crippen LogP contribution in [0.4, 0.5) is 5.69 Å². The van der Waals surface area contributed by atoms with Gasteiger partial charge < -0.3 is 15.4 Å². The number of ether oxygens (including phenoxy) is 1. The summed E-state index contributed by atoms with van der Waals surface area (Å²) in [6.07, 6.45) is 1.37. The lowest BCUT2D eigenvalue weighted by molar-refractivity contribution is -0.139. The fraction of sp³-hybridized carbons (Fsp3) is 0.238. The van der Waals surface area contributed by atoms with E-state index in [2.05, 4.69) is 37.1 Å². The number of halogens is 1. The summed E-state index contributed by atoms with van der Waals surface area (Å²) < 4.78 is 6.45. The molecule has 0 aromatic heterocycles. The van der Waals surface area contributed by atoms with E-state index < -0.39 is 11.8 Å². The molecular weight excluding hydrogens is 452 g/mol. The van der Waals surface area contributed by atoms with E-state index in [1.807, 2.05) is 25.1 Å². The number of nitrogens with zero attached hydrogens (tertiary/aromatic N) is 1. The number of anilines is 1. The van der Waals surface area contributed by atoms with Crippen molar-refractivity contribution in [2.24, 2.45) is 5.10 Å². The van der Waals surface area contributed by atoms with E-state index in [0.717, 1.165) is 10.0 Å². The van der Waals surface area contributed by atoms with E-state index in [-0.39, 0.29) is 18.6 Å². The molecule has 30 heavy (non-hydrogen) atoms. The number of carbonyl (C=O) groups excluding carboxylic acids is 3. The number of hydrogen-bond acceptors (Lipinski definition) is 5. The van der Waals surface area contributed by atoms with Crippen molar-refractivity contribution in [3.63, 3.8) is 0 Å². The molecule has 0 fully saturated rings. The maximum atomic E-state index is 12.1. The third-order valence-corrected chi connectivity index (χ3v) is 4.19. The lowest BCUT2D eigenvalue weighted by Crippen LogP contribution is -2.41. The molecular formula is C21H23BrN4O4. The lowest BCUT2D eigenvalue weighted by atomic mass is 10.2. The standard InChI is InChI=1S/C21H23BrN4O4/c1-13(2)24-20(28)21(29)26-23-11-15-5-4-6-17(10-15)30-12-19(27)25-18-8-7-16(22)9-14(18)3/h4-11,13H,12H2,1-3H3,(H,24,28)(H,25,27)(H,26,29)/b23-11-. The zero-order valence-electron chi connectivity index (χ0n) is 16.9. The van der Waals surface area contributed by atoms with Crippen LogP contribution in [0.15, 0.2) is 52.0 Å². The van der Waals surface area contributed by atoms with Crippen molar-refractivity contribution >= 4 is 45.6 Å². The van der Waals surface area contributed by atoms with Gasteiger partial charge in [0.1, 0.15) is 5.75 Å². The van der Waals surface area contributed by atoms with Crippen LogP contribution in [0.3, 0.4) is 0 Å². The largest absolute Gasteiger partial charge is 0.484 e. The van der Waals surface area contributed by atoms with Gasteiger partial charge in [0, 0.05) is 16.2 Å². The van der Waals surface area contributed by atoms with Crippen LogP contribution in [-0.2, 0) is 14.4 Å². The molecule has 0 aliphatic heterocycles. The van der Waals surface area contributed by atoms with Crippen LogP contribution in [0.2, 0.25) is 0 Å². The van der Waals surface area contributed by atoms with E-state index >= 15 is 0 Å². The first-order valence-corrected chi connectivity index (χ1v) is 9.96. The second-order valence-electron chi connectivity index (χ2n) is 6.70. The highest BCUT2D eigenvalue weighted by Crippen LogP contribution is 2.20. The number of hydrogen-bond donors (Lipinski definition) is 3. The Bertz CT molecular complexity index is 960. The van der Waals surface area contributed by atoms with Crippen molar-refractivity contribution in [3.8, 4) is 5.75 Å². The van der Waals surface area contributed by atoms with Gasteiger partial charge in [-0.25, -0.2) is 5.43 Å². The van der Waals surface area contributed by atoms with Crippen LogP contribution in [0.5, 0.6) is 5.75 Å². The van der Waals surface area contributed by atoms with Gasteiger partial charge in [-0.3, -0.25) is 14.4 Å². The van der Waals surface area contributed by atoms with Crippen LogP contribution in [0.25, 0.3) is 0 Å². The smallest absolute Gasteiger partial charge is 0.329 e. The van der Waals surface area contributed by atoms with Crippen LogP contribution in [-0.4, -0.2) is 36.6 Å². The van der Waals surface area contributed by atoms with E-state index in [1.165, 1.54) is 6.21 Å². The highest BCUT2D eigenvalue weighted by atomic mass is 79.9. The van der Waals surface area contributed by atoms with Crippen LogP contribution in [0, 0.1) is 6.92 Å². The van der Waals surface area contributed by atoms with Crippen LogP contribution < -0.4 is 20.8 Å². The fourth-order valence-corrected chi connectivity index (χ4v) is 2.81. The Morgan fingerprint density at radius 1 is 1.13 bits per heavy atom. The van der Waals surface area contributed by atoms with Crippen molar-refractivity contribution in [1.82, 2.24) is 10.7 Å². The van der Waals surface area contributed by atoms with Gasteiger partial charge in [-0.05, 0) is 62.2 Å². The number of amides is 3. The molecule has 0 bridgehead atoms. The Morgan fingerprint density at radius 3 is 2.60 bits per heavy atom. The van der Waals surface area contributed by atoms with E-state index in [0.29, 0.717) is 17.0 Å². The fourth-order valence-electron chi connectivity index (χ4n) is 2.33. The Morgan fingerprint density at radius 2 is 1.90 bits per heavy atom. The molecule has 8 nitrogen and oxygen atoms in total. The van der Waals surface area contributed by atoms with E-state index in [1.54, 1.807) is 38.1 Å². The topological polar surface area (TPSA) is 109 Å². The molecule has 2 rings (SSSR count). The molecule has 0 atom stereocenters. The summed E-state index contributed by atoms with van der Waals surface area (Å²) in [5, 5.41) is 9.02. The number of hydrazone groups is 1. The molecule has 0 unspecified atom stereocenters. The van der Waals surface area contributed by atoms with Gasteiger partial charge >= 0.3 is 11.8 Å². The molecule has 2 aromatic carbocycles. The highest BCUT2D eigenvalue weighted by molar-refractivity contribution is 9.10. The number of aryl methyl sites for hydroxylation is 1. The summed E-state index contributed by atoms with van der Waals surface area (Å²) in [6.45, 7) is 5.23. The molecule has 158 valence electrons. The molecule has 0 radical (unpaired) electrons. The average Bonchev–Trinajstić information content (AvgIpc) is 2.68. The van der Waals surface area contributed by atoms with Crippen molar-refractivity contribution < 1.29 is 19.1 Å². The van der Waals surface area contributed by atoms with Gasteiger partial charge in [0.25, 0.3) is 5.91 Å². The van der Waals surface area contributed by atoms with Gasteiger partial charge in [0.2, 0.25) is 0 Å². The summed E-state index contributed by atoms with van der Waals surface area (Å²) in [4.78, 5) is 35.2. The summed E-state index contributed by atoms with van der Waals surface area (Å²) >= 11 is 3.38. The Balaban J connectivity index is 1.87. The molecule has 3 amide bonds. The predicted octanol–water partition coefficient (Wildman–Crippen LogP) is 2.75. The quantitative estimate of drug-likeness (QED) is 0.325. The maximum Gasteiger partial charge on any atom is 0.329 e. The molecule has 0 heterocycles. The Hall–Kier alpha value is -3.20. The normalized spacial score (nSPS) is 10.7. The third kappa shape index (κ3) is 7.67. The number of benzene rings is 2. The van der Waals surface area contributed by atoms with Crippen molar-refractivity contribution in [1.29, 1.82) is 0 Å². The van der Waals surface area contributed by atoms with Gasteiger partial charge in [-0.1, -0.05) is 28.1 Å². The summed E-state index contributed by atoms with van der Waals surface area (Å²) in [7, 11) is 0. The molecule has 0 aliphatic rings. The minimum absolute atomic E-state index is 0.147. The molecule has 0 spiro atoms. The van der Waals surface area contributed by atoms with Crippen molar-refractivity contribution in [2.45, 2.75) is 26.8 Å². The molecule has 0 saturated heterocycles. The lowest BCUT2D eigenvalue weighted by Gasteiger charge is -2.10. The monoisotopic (exact) mass is 474 g/mol. The van der Waals surface area contributed by atoms with E-state index in [9.17, 15) is 14.4 Å². The Labute approximate surface area is 183 Å². The van der Waals surface area contributed by atoms with Gasteiger partial charge in [0.15, 0.2) is 6.61 Å². The molecule has 0 aliphatic carbocycles. The third-order valence-electron chi connectivity index (χ3n) is 3.70. The number of rotatable bonds is 7. The van der Waals surface area contributed by atoms with E-state index in [4.69, 9.17) is 4.74 Å². The molecule has 9 heteroatoms. The second kappa shape index (κ2) is 11.1. The highest BCUT2D eigenvalue weighted by Gasteiger charge is 2.13.